The molecule has 0 bridgehead atoms. The highest BCUT2D eigenvalue weighted by Gasteiger charge is 2.23. The fourth-order valence-corrected chi connectivity index (χ4v) is 3.26. The van der Waals surface area contributed by atoms with Crippen LogP contribution < -0.4 is 0 Å². The lowest BCUT2D eigenvalue weighted by atomic mass is 10.1. The molecule has 0 spiro atoms. The Bertz CT molecular complexity index is 964. The van der Waals surface area contributed by atoms with Crippen molar-refractivity contribution in [3.8, 4) is 5.69 Å². The molecule has 0 N–H and O–H groups in total. The van der Waals surface area contributed by atoms with E-state index in [0.29, 0.717) is 17.5 Å². The lowest BCUT2D eigenvalue weighted by Crippen LogP contribution is -2.34. The molecule has 154 valence electrons. The first-order chi connectivity index (χ1) is 13.9. The van der Waals surface area contributed by atoms with Gasteiger partial charge < -0.3 is 4.90 Å². The summed E-state index contributed by atoms with van der Waals surface area (Å²) in [6.07, 6.45) is 3.74. The van der Waals surface area contributed by atoms with E-state index in [2.05, 4.69) is 43.0 Å². The van der Waals surface area contributed by atoms with Gasteiger partial charge in [-0.25, -0.2) is 4.68 Å². The average molecular weight is 394 g/mol. The van der Waals surface area contributed by atoms with Gasteiger partial charge in [-0.15, -0.1) is 5.10 Å². The Morgan fingerprint density at radius 3 is 2.41 bits per heavy atom. The zero-order chi connectivity index (χ0) is 21.0. The molecule has 2 heterocycles. The summed E-state index contributed by atoms with van der Waals surface area (Å²) in [4.78, 5) is 19.5. The van der Waals surface area contributed by atoms with Crippen molar-refractivity contribution in [1.82, 2.24) is 24.9 Å². The second-order valence-corrected chi connectivity index (χ2v) is 8.47. The Morgan fingerprint density at radius 2 is 1.76 bits per heavy atom. The predicted octanol–water partition coefficient (Wildman–Crippen LogP) is 4.66. The highest BCUT2D eigenvalue weighted by atomic mass is 16.2. The maximum Gasteiger partial charge on any atom is 0.276 e. The number of hydrogen-bond acceptors (Lipinski definition) is 4. The SMILES string of the molecule is Cc1c(C(=O)N(CCC(C)C)CCC(C)C)nnn1-c1ccc2ncccc2c1. The molecular weight excluding hydrogens is 362 g/mol. The van der Waals surface area contributed by atoms with E-state index in [1.807, 2.05) is 42.2 Å². The van der Waals surface area contributed by atoms with Crippen molar-refractivity contribution < 1.29 is 4.79 Å². The molecule has 29 heavy (non-hydrogen) atoms. The number of fused-ring (bicyclic) bond motifs is 1. The second kappa shape index (κ2) is 9.16. The highest BCUT2D eigenvalue weighted by molar-refractivity contribution is 5.93. The van der Waals surface area contributed by atoms with E-state index < -0.39 is 0 Å². The quantitative estimate of drug-likeness (QED) is 0.558. The van der Waals surface area contributed by atoms with Gasteiger partial charge in [0, 0.05) is 24.7 Å². The van der Waals surface area contributed by atoms with Crippen LogP contribution in [0.15, 0.2) is 36.5 Å². The fourth-order valence-electron chi connectivity index (χ4n) is 3.26. The molecule has 0 aliphatic heterocycles. The number of carbonyl (C=O) groups excluding carboxylic acids is 1. The molecular formula is C23H31N5O. The number of nitrogens with zero attached hydrogens (tertiary/aromatic N) is 5. The minimum atomic E-state index is -0.0301. The van der Waals surface area contributed by atoms with Gasteiger partial charge in [-0.1, -0.05) is 39.0 Å². The van der Waals surface area contributed by atoms with Crippen LogP contribution in [0.3, 0.4) is 0 Å². The van der Waals surface area contributed by atoms with Gasteiger partial charge in [0.1, 0.15) is 0 Å². The van der Waals surface area contributed by atoms with Gasteiger partial charge in [-0.2, -0.15) is 0 Å². The van der Waals surface area contributed by atoms with Gasteiger partial charge >= 0.3 is 0 Å². The molecule has 0 unspecified atom stereocenters. The molecule has 0 aliphatic carbocycles. The predicted molar refractivity (Wildman–Crippen MR) is 116 cm³/mol. The number of benzene rings is 1. The Kier molecular flexibility index (Phi) is 6.62. The summed E-state index contributed by atoms with van der Waals surface area (Å²) in [7, 11) is 0. The molecule has 2 aromatic heterocycles. The van der Waals surface area contributed by atoms with Crippen LogP contribution in [0, 0.1) is 18.8 Å². The van der Waals surface area contributed by atoms with Crippen LogP contribution in [0.5, 0.6) is 0 Å². The van der Waals surface area contributed by atoms with Gasteiger partial charge in [-0.05, 0) is 55.9 Å². The summed E-state index contributed by atoms with van der Waals surface area (Å²) in [6, 6.07) is 9.87. The minimum Gasteiger partial charge on any atom is -0.337 e. The van der Waals surface area contributed by atoms with E-state index >= 15 is 0 Å². The van der Waals surface area contributed by atoms with E-state index in [-0.39, 0.29) is 5.91 Å². The first-order valence-electron chi connectivity index (χ1n) is 10.4. The molecule has 0 radical (unpaired) electrons. The third-order valence-electron chi connectivity index (χ3n) is 5.17. The molecule has 0 fully saturated rings. The molecule has 3 aromatic rings. The van der Waals surface area contributed by atoms with E-state index in [0.717, 1.165) is 48.2 Å². The van der Waals surface area contributed by atoms with Gasteiger partial charge in [-0.3, -0.25) is 9.78 Å². The molecule has 6 nitrogen and oxygen atoms in total. The molecule has 0 saturated carbocycles. The monoisotopic (exact) mass is 393 g/mol. The standard InChI is InChI=1S/C23H31N5O/c1-16(2)10-13-27(14-11-17(3)4)23(29)22-18(5)28(26-25-22)20-8-9-21-19(15-20)7-6-12-24-21/h6-9,12,15-17H,10-11,13-14H2,1-5H3. The molecule has 0 saturated heterocycles. The normalized spacial score (nSPS) is 11.6. The molecule has 6 heteroatoms. The molecule has 0 aliphatic rings. The first-order valence-corrected chi connectivity index (χ1v) is 10.4. The van der Waals surface area contributed by atoms with Crippen LogP contribution in [0.1, 0.15) is 56.7 Å². The maximum absolute atomic E-state index is 13.2. The zero-order valence-electron chi connectivity index (χ0n) is 18.1. The van der Waals surface area contributed by atoms with Gasteiger partial charge in [0.2, 0.25) is 0 Å². The molecule has 3 rings (SSSR count). The number of pyridine rings is 1. The van der Waals surface area contributed by atoms with Crippen molar-refractivity contribution in [3.63, 3.8) is 0 Å². The van der Waals surface area contributed by atoms with Crippen molar-refractivity contribution in [2.75, 3.05) is 13.1 Å². The van der Waals surface area contributed by atoms with Gasteiger partial charge in [0.15, 0.2) is 5.69 Å². The van der Waals surface area contributed by atoms with Crippen LogP contribution in [-0.4, -0.2) is 43.9 Å². The number of amides is 1. The van der Waals surface area contributed by atoms with Gasteiger partial charge in [0.25, 0.3) is 5.91 Å². The average Bonchev–Trinajstić information content (AvgIpc) is 3.08. The van der Waals surface area contributed by atoms with Crippen molar-refractivity contribution >= 4 is 16.8 Å². The third-order valence-corrected chi connectivity index (χ3v) is 5.17. The lowest BCUT2D eigenvalue weighted by molar-refractivity contribution is 0.0734. The third kappa shape index (κ3) is 5.00. The first kappa shape index (κ1) is 21.0. The van der Waals surface area contributed by atoms with E-state index in [1.165, 1.54) is 0 Å². The van der Waals surface area contributed by atoms with Crippen LogP contribution in [0.25, 0.3) is 16.6 Å². The largest absolute Gasteiger partial charge is 0.337 e. The Hall–Kier alpha value is -2.76. The summed E-state index contributed by atoms with van der Waals surface area (Å²) in [6.45, 7) is 12.1. The topological polar surface area (TPSA) is 63.9 Å². The number of rotatable bonds is 8. The van der Waals surface area contributed by atoms with E-state index in [4.69, 9.17) is 0 Å². The van der Waals surface area contributed by atoms with Crippen molar-refractivity contribution in [2.24, 2.45) is 11.8 Å². The summed E-state index contributed by atoms with van der Waals surface area (Å²) in [5, 5.41) is 9.57. The van der Waals surface area contributed by atoms with Gasteiger partial charge in [0.05, 0.1) is 16.9 Å². The molecule has 0 atom stereocenters. The van der Waals surface area contributed by atoms with Crippen LogP contribution in [0.2, 0.25) is 0 Å². The van der Waals surface area contributed by atoms with E-state index in [1.54, 1.807) is 10.9 Å². The lowest BCUT2D eigenvalue weighted by Gasteiger charge is -2.24. The molecule has 1 aromatic carbocycles. The van der Waals surface area contributed by atoms with Crippen molar-refractivity contribution in [2.45, 2.75) is 47.5 Å². The molecule has 1 amide bonds. The smallest absolute Gasteiger partial charge is 0.276 e. The van der Waals surface area contributed by atoms with Crippen molar-refractivity contribution in [3.05, 3.63) is 47.9 Å². The summed E-state index contributed by atoms with van der Waals surface area (Å²) in [5.74, 6) is 1.07. The number of aromatic nitrogens is 4. The Balaban J connectivity index is 1.87. The van der Waals surface area contributed by atoms with Crippen molar-refractivity contribution in [1.29, 1.82) is 0 Å². The maximum atomic E-state index is 13.2. The number of hydrogen-bond donors (Lipinski definition) is 0. The zero-order valence-corrected chi connectivity index (χ0v) is 18.1. The fraction of sp³-hybridized carbons (Fsp3) is 0.478. The Labute approximate surface area is 172 Å². The summed E-state index contributed by atoms with van der Waals surface area (Å²) >= 11 is 0. The van der Waals surface area contributed by atoms with E-state index in [9.17, 15) is 4.79 Å². The number of carbonyl (C=O) groups is 1. The Morgan fingerprint density at radius 1 is 1.07 bits per heavy atom. The highest BCUT2D eigenvalue weighted by Crippen LogP contribution is 2.19. The van der Waals surface area contributed by atoms with Crippen LogP contribution in [0.4, 0.5) is 0 Å². The minimum absolute atomic E-state index is 0.0301. The van der Waals surface area contributed by atoms with Crippen LogP contribution >= 0.6 is 0 Å². The summed E-state index contributed by atoms with van der Waals surface area (Å²) in [5.41, 5.74) is 3.01. The second-order valence-electron chi connectivity index (χ2n) is 8.47. The summed E-state index contributed by atoms with van der Waals surface area (Å²) < 4.78 is 1.74. The van der Waals surface area contributed by atoms with Crippen LogP contribution in [-0.2, 0) is 0 Å².